The first-order chi connectivity index (χ1) is 15.4. The first kappa shape index (κ1) is 23.9. The monoisotopic (exact) mass is 470 g/mol. The summed E-state index contributed by atoms with van der Waals surface area (Å²) < 4.78 is 7.84. The quantitative estimate of drug-likeness (QED) is 0.308. The summed E-state index contributed by atoms with van der Waals surface area (Å²) in [7, 11) is 0. The lowest BCUT2D eigenvalue weighted by molar-refractivity contribution is -0.113. The molecule has 0 spiro atoms. The highest BCUT2D eigenvalue weighted by molar-refractivity contribution is 7.99. The van der Waals surface area contributed by atoms with Crippen LogP contribution in [-0.2, 0) is 24.4 Å². The first-order valence-electron chi connectivity index (χ1n) is 10.4. The molecule has 0 bridgehead atoms. The molecule has 0 radical (unpaired) electrons. The van der Waals surface area contributed by atoms with E-state index in [0.29, 0.717) is 17.5 Å². The fourth-order valence-corrected chi connectivity index (χ4v) is 4.13. The molecule has 3 rings (SSSR count). The molecular weight excluding hydrogens is 444 g/mol. The Morgan fingerprint density at radius 3 is 2.66 bits per heavy atom. The second-order valence-corrected chi connectivity index (χ2v) is 8.63. The summed E-state index contributed by atoms with van der Waals surface area (Å²) in [5.74, 6) is 1.52. The van der Waals surface area contributed by atoms with Crippen LogP contribution in [0.15, 0.2) is 54.2 Å². The molecule has 0 aliphatic heterocycles. The summed E-state index contributed by atoms with van der Waals surface area (Å²) in [4.78, 5) is 12.5. The van der Waals surface area contributed by atoms with E-state index in [1.54, 1.807) is 6.08 Å². The van der Waals surface area contributed by atoms with Gasteiger partial charge in [-0.15, -0.1) is 16.8 Å². The van der Waals surface area contributed by atoms with E-state index in [-0.39, 0.29) is 18.3 Å². The molecule has 0 aliphatic rings. The molecule has 1 amide bonds. The minimum atomic E-state index is -0.0889. The number of aromatic nitrogens is 3. The summed E-state index contributed by atoms with van der Waals surface area (Å²) >= 11 is 7.57. The maximum absolute atomic E-state index is 12.5. The van der Waals surface area contributed by atoms with Gasteiger partial charge < -0.3 is 10.1 Å². The SMILES string of the molecule is C=CCn1c(COc2cc(C)c(Cl)c(C)c2)nnc1SCC(=O)Nc1ccccc1CC. The number of para-hydroxylation sites is 1. The third kappa shape index (κ3) is 5.93. The van der Waals surface area contributed by atoms with Gasteiger partial charge in [0.05, 0.1) is 5.75 Å². The number of ether oxygens (including phenoxy) is 1. The van der Waals surface area contributed by atoms with Crippen molar-refractivity contribution < 1.29 is 9.53 Å². The fourth-order valence-electron chi connectivity index (χ4n) is 3.25. The van der Waals surface area contributed by atoms with Crippen LogP contribution in [0.2, 0.25) is 5.02 Å². The Kier molecular flexibility index (Phi) is 8.36. The number of carbonyl (C=O) groups excluding carboxylic acids is 1. The Morgan fingerprint density at radius 2 is 1.97 bits per heavy atom. The lowest BCUT2D eigenvalue weighted by Crippen LogP contribution is -2.16. The van der Waals surface area contributed by atoms with E-state index >= 15 is 0 Å². The van der Waals surface area contributed by atoms with Crippen LogP contribution in [-0.4, -0.2) is 26.4 Å². The van der Waals surface area contributed by atoms with Crippen LogP contribution in [0.4, 0.5) is 5.69 Å². The molecule has 6 nitrogen and oxygen atoms in total. The van der Waals surface area contributed by atoms with Gasteiger partial charge in [0.2, 0.25) is 5.91 Å². The van der Waals surface area contributed by atoms with Crippen molar-refractivity contribution in [3.05, 3.63) is 76.6 Å². The van der Waals surface area contributed by atoms with Crippen molar-refractivity contribution in [1.82, 2.24) is 14.8 Å². The Bertz CT molecular complexity index is 1090. The predicted molar refractivity (Wildman–Crippen MR) is 131 cm³/mol. The number of hydrogen-bond acceptors (Lipinski definition) is 5. The number of benzene rings is 2. The van der Waals surface area contributed by atoms with Gasteiger partial charge in [0.15, 0.2) is 11.0 Å². The number of anilines is 1. The van der Waals surface area contributed by atoms with Crippen LogP contribution in [0.3, 0.4) is 0 Å². The predicted octanol–water partition coefficient (Wildman–Crippen LogP) is 5.61. The highest BCUT2D eigenvalue weighted by Crippen LogP contribution is 2.27. The van der Waals surface area contributed by atoms with Crippen LogP contribution < -0.4 is 10.1 Å². The molecule has 0 unspecified atom stereocenters. The average molecular weight is 471 g/mol. The van der Waals surface area contributed by atoms with E-state index in [9.17, 15) is 4.79 Å². The van der Waals surface area contributed by atoms with Crippen LogP contribution in [0.1, 0.15) is 29.4 Å². The number of nitrogens with one attached hydrogen (secondary N) is 1. The minimum Gasteiger partial charge on any atom is -0.486 e. The van der Waals surface area contributed by atoms with Gasteiger partial charge in [0, 0.05) is 17.3 Å². The molecule has 0 atom stereocenters. The van der Waals surface area contributed by atoms with Crippen LogP contribution in [0.5, 0.6) is 5.75 Å². The van der Waals surface area contributed by atoms with Crippen LogP contribution in [0.25, 0.3) is 0 Å². The first-order valence-corrected chi connectivity index (χ1v) is 11.7. The zero-order valence-corrected chi connectivity index (χ0v) is 20.1. The summed E-state index contributed by atoms with van der Waals surface area (Å²) in [6.45, 7) is 10.5. The van der Waals surface area contributed by atoms with Gasteiger partial charge in [0.25, 0.3) is 0 Å². The number of allylic oxidation sites excluding steroid dienone is 1. The number of rotatable bonds is 10. The normalized spacial score (nSPS) is 10.8. The second kappa shape index (κ2) is 11.2. The van der Waals surface area contributed by atoms with Crippen molar-refractivity contribution in [2.24, 2.45) is 0 Å². The molecule has 32 heavy (non-hydrogen) atoms. The number of amides is 1. The molecule has 1 aromatic heterocycles. The molecule has 0 saturated carbocycles. The molecule has 168 valence electrons. The van der Waals surface area contributed by atoms with Crippen molar-refractivity contribution in [3.8, 4) is 5.75 Å². The van der Waals surface area contributed by atoms with Crippen molar-refractivity contribution >= 4 is 35.0 Å². The van der Waals surface area contributed by atoms with Crippen molar-refractivity contribution in [2.45, 2.75) is 45.5 Å². The molecule has 2 aromatic carbocycles. The Balaban J connectivity index is 1.65. The number of aryl methyl sites for hydroxylation is 3. The van der Waals surface area contributed by atoms with E-state index in [0.717, 1.165) is 39.6 Å². The number of thioether (sulfide) groups is 1. The van der Waals surface area contributed by atoms with Gasteiger partial charge in [-0.05, 0) is 55.2 Å². The van der Waals surface area contributed by atoms with Gasteiger partial charge in [0.1, 0.15) is 12.4 Å². The third-order valence-corrected chi connectivity index (χ3v) is 6.45. The summed E-state index contributed by atoms with van der Waals surface area (Å²) in [6, 6.07) is 11.6. The van der Waals surface area contributed by atoms with E-state index in [2.05, 4.69) is 29.0 Å². The van der Waals surface area contributed by atoms with E-state index < -0.39 is 0 Å². The maximum Gasteiger partial charge on any atom is 0.234 e. The lowest BCUT2D eigenvalue weighted by atomic mass is 10.1. The van der Waals surface area contributed by atoms with Crippen molar-refractivity contribution in [3.63, 3.8) is 0 Å². The van der Waals surface area contributed by atoms with Crippen LogP contribution in [0, 0.1) is 13.8 Å². The maximum atomic E-state index is 12.5. The number of hydrogen-bond donors (Lipinski definition) is 1. The standard InChI is InChI=1S/C24H27ClN4O2S/c1-5-11-29-21(14-31-19-12-16(3)23(25)17(4)13-19)27-28-24(29)32-15-22(30)26-20-10-8-7-9-18(20)6-2/h5,7-10,12-13H,1,6,11,14-15H2,2-4H3,(H,26,30). The molecule has 8 heteroatoms. The van der Waals surface area contributed by atoms with Gasteiger partial charge in [-0.1, -0.05) is 54.6 Å². The topological polar surface area (TPSA) is 69.0 Å². The van der Waals surface area contributed by atoms with Gasteiger partial charge in [-0.2, -0.15) is 0 Å². The van der Waals surface area contributed by atoms with Gasteiger partial charge in [-0.25, -0.2) is 0 Å². The Morgan fingerprint density at radius 1 is 1.25 bits per heavy atom. The minimum absolute atomic E-state index is 0.0889. The van der Waals surface area contributed by atoms with E-state index in [1.807, 2.05) is 54.8 Å². The molecule has 0 fully saturated rings. The van der Waals surface area contributed by atoms with E-state index in [4.69, 9.17) is 16.3 Å². The average Bonchev–Trinajstić information content (AvgIpc) is 3.16. The number of halogens is 1. The van der Waals surface area contributed by atoms with Gasteiger partial charge in [-0.3, -0.25) is 9.36 Å². The number of carbonyl (C=O) groups is 1. The van der Waals surface area contributed by atoms with Crippen molar-refractivity contribution in [2.75, 3.05) is 11.1 Å². The van der Waals surface area contributed by atoms with Crippen LogP contribution >= 0.6 is 23.4 Å². The molecule has 1 N–H and O–H groups in total. The molecule has 0 aliphatic carbocycles. The molecule has 1 heterocycles. The highest BCUT2D eigenvalue weighted by Gasteiger charge is 2.15. The third-order valence-electron chi connectivity index (χ3n) is 4.89. The highest BCUT2D eigenvalue weighted by atomic mass is 35.5. The summed E-state index contributed by atoms with van der Waals surface area (Å²) in [6.07, 6.45) is 2.62. The molecule has 3 aromatic rings. The van der Waals surface area contributed by atoms with E-state index in [1.165, 1.54) is 11.8 Å². The zero-order chi connectivity index (χ0) is 23.1. The zero-order valence-electron chi connectivity index (χ0n) is 18.5. The largest absolute Gasteiger partial charge is 0.486 e. The van der Waals surface area contributed by atoms with Crippen molar-refractivity contribution in [1.29, 1.82) is 0 Å². The molecular formula is C24H27ClN4O2S. The Hall–Kier alpha value is -2.77. The van der Waals surface area contributed by atoms with Gasteiger partial charge >= 0.3 is 0 Å². The second-order valence-electron chi connectivity index (χ2n) is 7.31. The molecule has 0 saturated heterocycles. The summed E-state index contributed by atoms with van der Waals surface area (Å²) in [5.41, 5.74) is 3.87. The fraction of sp³-hybridized carbons (Fsp3) is 0.292. The lowest BCUT2D eigenvalue weighted by Gasteiger charge is -2.12. The number of nitrogens with zero attached hydrogens (tertiary/aromatic N) is 3. The smallest absolute Gasteiger partial charge is 0.234 e. The Labute approximate surface area is 198 Å². The summed E-state index contributed by atoms with van der Waals surface area (Å²) in [5, 5.41) is 12.9.